The number of rotatable bonds is 2. The highest BCUT2D eigenvalue weighted by molar-refractivity contribution is 6.11. The summed E-state index contributed by atoms with van der Waals surface area (Å²) in [6.07, 6.45) is 0.810. The second-order valence-electron chi connectivity index (χ2n) is 5.99. The van der Waals surface area contributed by atoms with E-state index in [9.17, 15) is 9.59 Å². The molecule has 3 aromatic rings. The second kappa shape index (κ2) is 6.51. The third kappa shape index (κ3) is 2.88. The van der Waals surface area contributed by atoms with Gasteiger partial charge in [-0.3, -0.25) is 9.59 Å². The summed E-state index contributed by atoms with van der Waals surface area (Å²) >= 11 is 0. The van der Waals surface area contributed by atoms with Crippen LogP contribution in [-0.2, 0) is 7.05 Å². The molecule has 26 heavy (non-hydrogen) atoms. The van der Waals surface area contributed by atoms with Gasteiger partial charge in [-0.15, -0.1) is 0 Å². The Morgan fingerprint density at radius 2 is 1.81 bits per heavy atom. The fourth-order valence-corrected chi connectivity index (χ4v) is 2.90. The summed E-state index contributed by atoms with van der Waals surface area (Å²) in [6, 6.07) is 12.2. The zero-order valence-corrected chi connectivity index (χ0v) is 14.2. The molecule has 1 aliphatic heterocycles. The van der Waals surface area contributed by atoms with Crippen LogP contribution in [0.1, 0.15) is 16.9 Å². The molecular weight excluding hydrogens is 334 g/mol. The number of nitrogens with zero attached hydrogens (tertiary/aromatic N) is 2. The summed E-state index contributed by atoms with van der Waals surface area (Å²) in [7, 11) is 1.53. The largest absolute Gasteiger partial charge is 0.490 e. The summed E-state index contributed by atoms with van der Waals surface area (Å²) in [6.45, 7) is 1.17. The van der Waals surface area contributed by atoms with Crippen LogP contribution in [0.5, 0.6) is 11.5 Å². The van der Waals surface area contributed by atoms with Gasteiger partial charge in [0.05, 0.1) is 18.6 Å². The minimum absolute atomic E-state index is 0.190. The summed E-state index contributed by atoms with van der Waals surface area (Å²) in [5.74, 6) is 0.857. The number of aromatic nitrogens is 2. The van der Waals surface area contributed by atoms with Gasteiger partial charge in [-0.1, -0.05) is 18.2 Å². The van der Waals surface area contributed by atoms with Crippen molar-refractivity contribution in [3.8, 4) is 11.5 Å². The van der Waals surface area contributed by atoms with Crippen molar-refractivity contribution in [1.29, 1.82) is 0 Å². The zero-order chi connectivity index (χ0) is 18.1. The van der Waals surface area contributed by atoms with E-state index in [2.05, 4.69) is 10.4 Å². The van der Waals surface area contributed by atoms with Crippen LogP contribution < -0.4 is 20.3 Å². The Bertz CT molecular complexity index is 1060. The molecule has 0 spiro atoms. The summed E-state index contributed by atoms with van der Waals surface area (Å²) in [4.78, 5) is 25.0. The number of aryl methyl sites for hydroxylation is 1. The van der Waals surface area contributed by atoms with E-state index in [1.165, 1.54) is 11.7 Å². The van der Waals surface area contributed by atoms with Crippen molar-refractivity contribution in [2.45, 2.75) is 6.42 Å². The molecule has 0 saturated heterocycles. The predicted octanol–water partition coefficient (Wildman–Crippen LogP) is 2.35. The van der Waals surface area contributed by atoms with Crippen molar-refractivity contribution < 1.29 is 14.3 Å². The SMILES string of the molecule is Cn1nc(C(=O)Nc2ccc3c(c2)OCCCO3)c2ccccc2c1=O. The van der Waals surface area contributed by atoms with Crippen LogP contribution in [0, 0.1) is 0 Å². The van der Waals surface area contributed by atoms with Crippen LogP contribution in [-0.4, -0.2) is 28.9 Å². The van der Waals surface area contributed by atoms with E-state index in [0.29, 0.717) is 41.2 Å². The molecule has 1 amide bonds. The zero-order valence-electron chi connectivity index (χ0n) is 14.2. The molecule has 4 rings (SSSR count). The van der Waals surface area contributed by atoms with Gasteiger partial charge in [-0.25, -0.2) is 4.68 Å². The lowest BCUT2D eigenvalue weighted by Crippen LogP contribution is -2.25. The van der Waals surface area contributed by atoms with Crippen molar-refractivity contribution in [2.24, 2.45) is 7.05 Å². The molecule has 0 atom stereocenters. The lowest BCUT2D eigenvalue weighted by atomic mass is 10.1. The lowest BCUT2D eigenvalue weighted by molar-refractivity contribution is 0.102. The maximum atomic E-state index is 12.8. The van der Waals surface area contributed by atoms with E-state index < -0.39 is 5.91 Å². The first kappa shape index (κ1) is 16.1. The number of carbonyl (C=O) groups is 1. The van der Waals surface area contributed by atoms with Crippen LogP contribution in [0.25, 0.3) is 10.8 Å². The Morgan fingerprint density at radius 1 is 1.08 bits per heavy atom. The number of carbonyl (C=O) groups excluding carboxylic acids is 1. The molecule has 1 N–H and O–H groups in total. The van der Waals surface area contributed by atoms with Gasteiger partial charge in [-0.2, -0.15) is 5.10 Å². The van der Waals surface area contributed by atoms with Gasteiger partial charge in [0.25, 0.3) is 11.5 Å². The fourth-order valence-electron chi connectivity index (χ4n) is 2.90. The molecule has 7 nitrogen and oxygen atoms in total. The number of anilines is 1. The third-order valence-electron chi connectivity index (χ3n) is 4.18. The Balaban J connectivity index is 1.69. The summed E-state index contributed by atoms with van der Waals surface area (Å²) in [5, 5.41) is 7.92. The predicted molar refractivity (Wildman–Crippen MR) is 97.0 cm³/mol. The van der Waals surface area contributed by atoms with E-state index in [1.807, 2.05) is 0 Å². The van der Waals surface area contributed by atoms with E-state index in [4.69, 9.17) is 9.47 Å². The summed E-state index contributed by atoms with van der Waals surface area (Å²) < 4.78 is 12.4. The van der Waals surface area contributed by atoms with Crippen molar-refractivity contribution in [3.63, 3.8) is 0 Å². The Hall–Kier alpha value is -3.35. The van der Waals surface area contributed by atoms with E-state index in [-0.39, 0.29) is 11.3 Å². The van der Waals surface area contributed by atoms with Gasteiger partial charge in [0.1, 0.15) is 0 Å². The topological polar surface area (TPSA) is 82.5 Å². The Kier molecular flexibility index (Phi) is 4.04. The molecular formula is C19H17N3O4. The number of hydrogen-bond acceptors (Lipinski definition) is 5. The number of benzene rings is 2. The quantitative estimate of drug-likeness (QED) is 0.766. The fraction of sp³-hybridized carbons (Fsp3) is 0.211. The highest BCUT2D eigenvalue weighted by Gasteiger charge is 2.17. The highest BCUT2D eigenvalue weighted by Crippen LogP contribution is 2.32. The number of amides is 1. The monoisotopic (exact) mass is 351 g/mol. The average molecular weight is 351 g/mol. The van der Waals surface area contributed by atoms with Crippen LogP contribution in [0.4, 0.5) is 5.69 Å². The molecule has 0 fully saturated rings. The van der Waals surface area contributed by atoms with Gasteiger partial charge in [0.15, 0.2) is 17.2 Å². The number of ether oxygens (including phenoxy) is 2. The van der Waals surface area contributed by atoms with E-state index >= 15 is 0 Å². The Labute approximate surface area is 149 Å². The van der Waals surface area contributed by atoms with Gasteiger partial charge in [-0.05, 0) is 18.2 Å². The number of hydrogen-bond donors (Lipinski definition) is 1. The van der Waals surface area contributed by atoms with Gasteiger partial charge >= 0.3 is 0 Å². The minimum atomic E-state index is -0.397. The maximum Gasteiger partial charge on any atom is 0.276 e. The first-order valence-electron chi connectivity index (χ1n) is 8.30. The summed E-state index contributed by atoms with van der Waals surface area (Å²) in [5.41, 5.74) is 0.515. The van der Waals surface area contributed by atoms with Crippen molar-refractivity contribution in [1.82, 2.24) is 9.78 Å². The molecule has 0 radical (unpaired) electrons. The van der Waals surface area contributed by atoms with Gasteiger partial charge in [0, 0.05) is 30.6 Å². The molecule has 0 saturated carbocycles. The first-order valence-corrected chi connectivity index (χ1v) is 8.30. The van der Waals surface area contributed by atoms with Crippen LogP contribution in [0.15, 0.2) is 47.3 Å². The third-order valence-corrected chi connectivity index (χ3v) is 4.18. The molecule has 0 aliphatic carbocycles. The molecule has 1 aliphatic rings. The van der Waals surface area contributed by atoms with Crippen LogP contribution in [0.2, 0.25) is 0 Å². The van der Waals surface area contributed by atoms with Crippen LogP contribution in [0.3, 0.4) is 0 Å². The van der Waals surface area contributed by atoms with Crippen molar-refractivity contribution in [2.75, 3.05) is 18.5 Å². The van der Waals surface area contributed by atoms with Gasteiger partial charge < -0.3 is 14.8 Å². The molecule has 1 aromatic heterocycles. The smallest absolute Gasteiger partial charge is 0.276 e. The lowest BCUT2D eigenvalue weighted by Gasteiger charge is -2.11. The maximum absolute atomic E-state index is 12.8. The standard InChI is InChI=1S/C19H17N3O4/c1-22-19(24)14-6-3-2-5-13(14)17(21-22)18(23)20-12-7-8-15-16(11-12)26-10-4-9-25-15/h2-3,5-8,11H,4,9-10H2,1H3,(H,20,23). The normalized spacial score (nSPS) is 13.3. The van der Waals surface area contributed by atoms with E-state index in [1.54, 1.807) is 42.5 Å². The molecule has 0 unspecified atom stereocenters. The Morgan fingerprint density at radius 3 is 2.62 bits per heavy atom. The number of nitrogens with one attached hydrogen (secondary N) is 1. The number of fused-ring (bicyclic) bond motifs is 2. The molecule has 0 bridgehead atoms. The van der Waals surface area contributed by atoms with Crippen LogP contribution >= 0.6 is 0 Å². The van der Waals surface area contributed by atoms with Crippen molar-refractivity contribution in [3.05, 3.63) is 58.5 Å². The van der Waals surface area contributed by atoms with E-state index in [0.717, 1.165) is 6.42 Å². The molecule has 2 heterocycles. The van der Waals surface area contributed by atoms with Gasteiger partial charge in [0.2, 0.25) is 0 Å². The molecule has 7 heteroatoms. The first-order chi connectivity index (χ1) is 12.6. The highest BCUT2D eigenvalue weighted by atomic mass is 16.5. The van der Waals surface area contributed by atoms with Crippen molar-refractivity contribution >= 4 is 22.4 Å². The molecule has 132 valence electrons. The average Bonchev–Trinajstić information content (AvgIpc) is 2.89. The minimum Gasteiger partial charge on any atom is -0.490 e. The molecule has 2 aromatic carbocycles. The second-order valence-corrected chi connectivity index (χ2v) is 5.99.